The zero-order chi connectivity index (χ0) is 9.72. The first kappa shape index (κ1) is 11.9. The van der Waals surface area contributed by atoms with E-state index in [4.69, 9.17) is 34.8 Å². The van der Waals surface area contributed by atoms with Gasteiger partial charge in [0.2, 0.25) is 0 Å². The molecule has 1 aromatic rings. The molecule has 0 bridgehead atoms. The maximum absolute atomic E-state index is 5.56. The van der Waals surface area contributed by atoms with E-state index < -0.39 is 0 Å². The van der Waals surface area contributed by atoms with Crippen LogP contribution in [0.1, 0.15) is 19.7 Å². The average molecular weight is 228 g/mol. The molecule has 0 aromatic carbocycles. The Bertz CT molecular complexity index is 240. The quantitative estimate of drug-likeness (QED) is 0.631. The van der Waals surface area contributed by atoms with Crippen LogP contribution in [0.2, 0.25) is 15.3 Å². The highest BCUT2D eigenvalue weighted by molar-refractivity contribution is 6.46. The summed E-state index contributed by atoms with van der Waals surface area (Å²) in [5, 5.41) is 0.590. The van der Waals surface area contributed by atoms with E-state index in [0.717, 1.165) is 0 Å². The monoisotopic (exact) mass is 226 g/mol. The van der Waals surface area contributed by atoms with Crippen molar-refractivity contribution in [1.82, 2.24) is 9.97 Å². The average Bonchev–Trinajstić information content (AvgIpc) is 2.04. The second kappa shape index (κ2) is 5.57. The summed E-state index contributed by atoms with van der Waals surface area (Å²) in [6.07, 6.45) is 0. The first-order valence-corrected chi connectivity index (χ1v) is 4.60. The molecule has 0 saturated carbocycles. The molecule has 0 aliphatic carbocycles. The van der Waals surface area contributed by atoms with E-state index in [1.165, 1.54) is 0 Å². The Balaban J connectivity index is 0.000000561. The van der Waals surface area contributed by atoms with Crippen LogP contribution in [0.3, 0.4) is 0 Å². The summed E-state index contributed by atoms with van der Waals surface area (Å²) in [5.41, 5.74) is 0. The number of hydrogen-bond donors (Lipinski definition) is 0. The molecule has 1 heterocycles. The van der Waals surface area contributed by atoms with Gasteiger partial charge in [0.25, 0.3) is 0 Å². The molecule has 0 radical (unpaired) electrons. The predicted molar refractivity (Wildman–Crippen MR) is 53.1 cm³/mol. The smallest absolute Gasteiger partial charge is 0.152 e. The summed E-state index contributed by atoms with van der Waals surface area (Å²) in [6.45, 7) is 5.69. The lowest BCUT2D eigenvalue weighted by molar-refractivity contribution is 1.05. The maximum atomic E-state index is 5.56. The fourth-order valence-electron chi connectivity index (χ4n) is 0.492. The van der Waals surface area contributed by atoms with E-state index >= 15 is 0 Å². The highest BCUT2D eigenvalue weighted by Gasteiger charge is 2.05. The molecule has 0 N–H and O–H groups in total. The van der Waals surface area contributed by atoms with E-state index in [1.54, 1.807) is 6.92 Å². The minimum atomic E-state index is 0.194. The van der Waals surface area contributed by atoms with Crippen LogP contribution in [-0.2, 0) is 0 Å². The van der Waals surface area contributed by atoms with Crippen LogP contribution in [0.25, 0.3) is 0 Å². The molecule has 5 heteroatoms. The molecule has 12 heavy (non-hydrogen) atoms. The lowest BCUT2D eigenvalue weighted by Gasteiger charge is -1.97. The number of aromatic nitrogens is 2. The number of aryl methyl sites for hydroxylation is 1. The van der Waals surface area contributed by atoms with Gasteiger partial charge in [-0.05, 0) is 6.92 Å². The maximum Gasteiger partial charge on any atom is 0.152 e. The van der Waals surface area contributed by atoms with Gasteiger partial charge >= 0.3 is 0 Å². The normalized spacial score (nSPS) is 8.83. The van der Waals surface area contributed by atoms with E-state index in [9.17, 15) is 0 Å². The molecule has 2 nitrogen and oxygen atoms in total. The number of halogens is 3. The Kier molecular flexibility index (Phi) is 5.55. The first-order valence-electron chi connectivity index (χ1n) is 3.46. The van der Waals surface area contributed by atoms with Gasteiger partial charge in [0.1, 0.15) is 10.8 Å². The fourth-order valence-corrected chi connectivity index (χ4v) is 1.05. The molecule has 0 atom stereocenters. The van der Waals surface area contributed by atoms with Crippen molar-refractivity contribution in [3.05, 3.63) is 21.2 Å². The third-order valence-electron chi connectivity index (χ3n) is 0.882. The summed E-state index contributed by atoms with van der Waals surface area (Å²) in [4.78, 5) is 7.54. The Hall–Kier alpha value is -0.0500. The van der Waals surface area contributed by atoms with Crippen molar-refractivity contribution in [2.24, 2.45) is 0 Å². The van der Waals surface area contributed by atoms with Crippen LogP contribution in [0.5, 0.6) is 0 Å². The SMILES string of the molecule is CC.Cc1nc(Cl)c(Cl)c(Cl)n1. The summed E-state index contributed by atoms with van der Waals surface area (Å²) < 4.78 is 0. The summed E-state index contributed by atoms with van der Waals surface area (Å²) in [6, 6.07) is 0. The zero-order valence-corrected chi connectivity index (χ0v) is 9.30. The van der Waals surface area contributed by atoms with Crippen LogP contribution < -0.4 is 0 Å². The standard InChI is InChI=1S/C5H3Cl3N2.C2H6/c1-2-9-4(7)3(6)5(8)10-2;1-2/h1H3;1-2H3. The second-order valence-electron chi connectivity index (χ2n) is 1.67. The van der Waals surface area contributed by atoms with E-state index in [2.05, 4.69) is 9.97 Å². The summed E-state index contributed by atoms with van der Waals surface area (Å²) in [7, 11) is 0. The largest absolute Gasteiger partial charge is 0.220 e. The first-order chi connectivity index (χ1) is 5.61. The minimum absolute atomic E-state index is 0.194. The third kappa shape index (κ3) is 3.13. The van der Waals surface area contributed by atoms with Crippen molar-refractivity contribution in [2.75, 3.05) is 0 Å². The van der Waals surface area contributed by atoms with Gasteiger partial charge in [-0.2, -0.15) is 0 Å². The van der Waals surface area contributed by atoms with Gasteiger partial charge in [-0.15, -0.1) is 0 Å². The Labute approximate surface area is 86.9 Å². The predicted octanol–water partition coefficient (Wildman–Crippen LogP) is 3.77. The van der Waals surface area contributed by atoms with E-state index in [-0.39, 0.29) is 15.3 Å². The van der Waals surface area contributed by atoms with Crippen LogP contribution in [-0.4, -0.2) is 9.97 Å². The van der Waals surface area contributed by atoms with Crippen molar-refractivity contribution in [1.29, 1.82) is 0 Å². The van der Waals surface area contributed by atoms with Crippen molar-refractivity contribution in [2.45, 2.75) is 20.8 Å². The fraction of sp³-hybridized carbons (Fsp3) is 0.429. The van der Waals surface area contributed by atoms with Crippen LogP contribution >= 0.6 is 34.8 Å². The van der Waals surface area contributed by atoms with Gasteiger partial charge in [0.05, 0.1) is 0 Å². The third-order valence-corrected chi connectivity index (χ3v) is 1.98. The lowest BCUT2D eigenvalue weighted by Crippen LogP contribution is -1.88. The Morgan fingerprint density at radius 1 is 0.917 bits per heavy atom. The molecular formula is C7H9Cl3N2. The molecule has 0 aliphatic rings. The molecule has 1 aromatic heterocycles. The molecule has 0 aliphatic heterocycles. The Morgan fingerprint density at radius 3 is 1.58 bits per heavy atom. The molecular weight excluding hydrogens is 218 g/mol. The summed E-state index contributed by atoms with van der Waals surface area (Å²) in [5.74, 6) is 0.513. The molecule has 0 amide bonds. The minimum Gasteiger partial charge on any atom is -0.220 e. The molecule has 0 fully saturated rings. The highest BCUT2D eigenvalue weighted by atomic mass is 35.5. The molecule has 1 rings (SSSR count). The lowest BCUT2D eigenvalue weighted by atomic mass is 10.6. The van der Waals surface area contributed by atoms with E-state index in [0.29, 0.717) is 5.82 Å². The topological polar surface area (TPSA) is 25.8 Å². The van der Waals surface area contributed by atoms with Crippen molar-refractivity contribution >= 4 is 34.8 Å². The zero-order valence-electron chi connectivity index (χ0n) is 7.03. The van der Waals surface area contributed by atoms with Crippen molar-refractivity contribution in [3.63, 3.8) is 0 Å². The number of rotatable bonds is 0. The van der Waals surface area contributed by atoms with E-state index in [1.807, 2.05) is 13.8 Å². The molecule has 0 spiro atoms. The number of nitrogens with zero attached hydrogens (tertiary/aromatic N) is 2. The Morgan fingerprint density at radius 2 is 1.25 bits per heavy atom. The van der Waals surface area contributed by atoms with Gasteiger partial charge in [0.15, 0.2) is 10.3 Å². The van der Waals surface area contributed by atoms with Gasteiger partial charge in [0, 0.05) is 0 Å². The molecule has 0 saturated heterocycles. The van der Waals surface area contributed by atoms with Crippen LogP contribution in [0.4, 0.5) is 0 Å². The van der Waals surface area contributed by atoms with Crippen LogP contribution in [0.15, 0.2) is 0 Å². The van der Waals surface area contributed by atoms with Gasteiger partial charge in [-0.3, -0.25) is 0 Å². The van der Waals surface area contributed by atoms with Gasteiger partial charge in [-0.1, -0.05) is 48.7 Å². The van der Waals surface area contributed by atoms with Crippen molar-refractivity contribution < 1.29 is 0 Å². The number of hydrogen-bond acceptors (Lipinski definition) is 2. The van der Waals surface area contributed by atoms with Gasteiger partial charge in [-0.25, -0.2) is 9.97 Å². The van der Waals surface area contributed by atoms with Crippen LogP contribution in [0, 0.1) is 6.92 Å². The highest BCUT2D eigenvalue weighted by Crippen LogP contribution is 2.25. The van der Waals surface area contributed by atoms with Gasteiger partial charge < -0.3 is 0 Å². The summed E-state index contributed by atoms with van der Waals surface area (Å²) >= 11 is 16.7. The molecule has 68 valence electrons. The van der Waals surface area contributed by atoms with Crippen molar-refractivity contribution in [3.8, 4) is 0 Å². The molecule has 0 unspecified atom stereocenters. The second-order valence-corrected chi connectivity index (χ2v) is 2.76.